The van der Waals surface area contributed by atoms with Gasteiger partial charge in [-0.2, -0.15) is 0 Å². The van der Waals surface area contributed by atoms with Crippen LogP contribution in [0.5, 0.6) is 0 Å². The van der Waals surface area contributed by atoms with Crippen LogP contribution in [-0.2, 0) is 14.0 Å². The maximum absolute atomic E-state index is 14.5. The molecule has 1 fully saturated rings. The predicted molar refractivity (Wildman–Crippen MR) is 115 cm³/mol. The van der Waals surface area contributed by atoms with Crippen molar-refractivity contribution in [1.82, 2.24) is 5.32 Å². The molecule has 170 valence electrons. The molecule has 0 atom stereocenters. The second kappa shape index (κ2) is 8.71. The van der Waals surface area contributed by atoms with Crippen LogP contribution in [0.25, 0.3) is 6.08 Å². The first-order chi connectivity index (χ1) is 14.0. The lowest BCUT2D eigenvalue weighted by Crippen LogP contribution is -2.41. The number of halogens is 2. The summed E-state index contributed by atoms with van der Waals surface area (Å²) in [7, 11) is -0.898. The van der Waals surface area contributed by atoms with Gasteiger partial charge in [0.1, 0.15) is 17.2 Å². The van der Waals surface area contributed by atoms with Gasteiger partial charge in [0.15, 0.2) is 5.78 Å². The summed E-state index contributed by atoms with van der Waals surface area (Å²) in [4.78, 5) is 23.8. The third-order valence-electron chi connectivity index (χ3n) is 5.20. The first kappa shape index (κ1) is 25.0. The number of nitrogens with one attached hydrogen (secondary N) is 1. The highest BCUT2D eigenvalue weighted by Gasteiger charge is 2.52. The number of ether oxygens (including phenoxy) is 1. The molecule has 2 rings (SSSR count). The molecule has 0 saturated carbocycles. The second-order valence-electron chi connectivity index (χ2n) is 9.57. The summed E-state index contributed by atoms with van der Waals surface area (Å²) in [6.07, 6.45) is 0.722. The molecule has 1 saturated heterocycles. The molecular weight excluding hydrogens is 407 g/mol. The van der Waals surface area contributed by atoms with Gasteiger partial charge in [-0.15, -0.1) is 0 Å². The van der Waals surface area contributed by atoms with Crippen LogP contribution < -0.4 is 5.32 Å². The van der Waals surface area contributed by atoms with Crippen molar-refractivity contribution in [2.24, 2.45) is 0 Å². The maximum atomic E-state index is 14.5. The van der Waals surface area contributed by atoms with E-state index in [-0.39, 0.29) is 17.7 Å². The fourth-order valence-corrected chi connectivity index (χ4v) is 2.83. The molecule has 9 heteroatoms. The Morgan fingerprint density at radius 3 is 2.13 bits per heavy atom. The van der Waals surface area contributed by atoms with Gasteiger partial charge < -0.3 is 19.4 Å². The van der Waals surface area contributed by atoms with Gasteiger partial charge in [0.25, 0.3) is 0 Å². The fourth-order valence-electron chi connectivity index (χ4n) is 2.83. The summed E-state index contributed by atoms with van der Waals surface area (Å²) in [5, 5.41) is 2.61. The largest absolute Gasteiger partial charge is 0.492 e. The zero-order valence-corrected chi connectivity index (χ0v) is 19.3. The van der Waals surface area contributed by atoms with Crippen LogP contribution in [0.15, 0.2) is 17.6 Å². The van der Waals surface area contributed by atoms with E-state index in [1.54, 1.807) is 20.8 Å². The van der Waals surface area contributed by atoms with Crippen molar-refractivity contribution in [3.05, 3.63) is 40.4 Å². The number of ketones is 1. The smallest absolute Gasteiger partial charge is 0.444 e. The SMILES string of the molecule is CC(=O)c1cc(C=C(CNC(=O)OC(C)(C)C)B2OC(C)(C)C(C)(C)O2)c(F)cc1F. The maximum Gasteiger partial charge on any atom is 0.492 e. The van der Waals surface area contributed by atoms with Crippen LogP contribution in [-0.4, -0.2) is 42.3 Å². The molecule has 6 nitrogen and oxygen atoms in total. The summed E-state index contributed by atoms with van der Waals surface area (Å²) in [5.74, 6) is -2.32. The van der Waals surface area contributed by atoms with E-state index in [2.05, 4.69) is 5.32 Å². The number of Topliss-reactive ketones (excluding diaryl/α,β-unsaturated/α-hetero) is 1. The van der Waals surface area contributed by atoms with Gasteiger partial charge in [-0.05, 0) is 66.9 Å². The molecule has 0 aromatic heterocycles. The van der Waals surface area contributed by atoms with Gasteiger partial charge in [0.05, 0.1) is 16.8 Å². The van der Waals surface area contributed by atoms with Crippen molar-refractivity contribution < 1.29 is 32.4 Å². The zero-order chi connectivity index (χ0) is 23.8. The first-order valence-electron chi connectivity index (χ1n) is 10.1. The van der Waals surface area contributed by atoms with Crippen molar-refractivity contribution in [3.63, 3.8) is 0 Å². The summed E-state index contributed by atoms with van der Waals surface area (Å²) in [6.45, 7) is 13.8. The minimum absolute atomic E-state index is 0.0256. The highest BCUT2D eigenvalue weighted by Crippen LogP contribution is 2.39. The number of amides is 1. The molecule has 31 heavy (non-hydrogen) atoms. The van der Waals surface area contributed by atoms with Crippen molar-refractivity contribution in [2.45, 2.75) is 72.2 Å². The molecule has 0 radical (unpaired) electrons. The lowest BCUT2D eigenvalue weighted by molar-refractivity contribution is 0.00578. The van der Waals surface area contributed by atoms with E-state index in [0.29, 0.717) is 11.5 Å². The molecule has 1 N–H and O–H groups in total. The van der Waals surface area contributed by atoms with E-state index < -0.39 is 47.4 Å². The van der Waals surface area contributed by atoms with Gasteiger partial charge >= 0.3 is 13.2 Å². The Labute approximate surface area is 182 Å². The Balaban J connectivity index is 2.42. The summed E-state index contributed by atoms with van der Waals surface area (Å²) < 4.78 is 45.7. The fraction of sp³-hybridized carbons (Fsp3) is 0.545. The third-order valence-corrected chi connectivity index (χ3v) is 5.20. The van der Waals surface area contributed by atoms with Crippen LogP contribution in [0.1, 0.15) is 71.3 Å². The molecule has 1 aromatic carbocycles. The molecule has 0 bridgehead atoms. The summed E-state index contributed by atoms with van der Waals surface area (Å²) >= 11 is 0. The average molecular weight is 437 g/mol. The Kier molecular flexibility index (Phi) is 7.02. The minimum Gasteiger partial charge on any atom is -0.444 e. The second-order valence-corrected chi connectivity index (χ2v) is 9.57. The van der Waals surface area contributed by atoms with Gasteiger partial charge in [0, 0.05) is 18.2 Å². The summed E-state index contributed by atoms with van der Waals surface area (Å²) in [5.41, 5.74) is -1.92. The number of carbonyl (C=O) groups is 2. The molecule has 0 aliphatic carbocycles. The topological polar surface area (TPSA) is 73.9 Å². The molecule has 1 aliphatic heterocycles. The van der Waals surface area contributed by atoms with E-state index in [4.69, 9.17) is 14.0 Å². The average Bonchev–Trinajstić information content (AvgIpc) is 2.78. The zero-order valence-electron chi connectivity index (χ0n) is 19.3. The van der Waals surface area contributed by atoms with Crippen LogP contribution in [0.4, 0.5) is 13.6 Å². The number of hydrogen-bond acceptors (Lipinski definition) is 5. The van der Waals surface area contributed by atoms with Crippen LogP contribution >= 0.6 is 0 Å². The molecule has 1 aliphatic rings. The molecule has 1 heterocycles. The first-order valence-corrected chi connectivity index (χ1v) is 10.1. The van der Waals surface area contributed by atoms with Crippen LogP contribution in [0.2, 0.25) is 0 Å². The molecule has 0 spiro atoms. The van der Waals surface area contributed by atoms with Crippen molar-refractivity contribution in [3.8, 4) is 0 Å². The van der Waals surface area contributed by atoms with Gasteiger partial charge in [-0.1, -0.05) is 6.08 Å². The number of rotatable bonds is 5. The highest BCUT2D eigenvalue weighted by molar-refractivity contribution is 6.56. The van der Waals surface area contributed by atoms with Crippen molar-refractivity contribution >= 4 is 25.1 Å². The van der Waals surface area contributed by atoms with Crippen molar-refractivity contribution in [2.75, 3.05) is 6.54 Å². The van der Waals surface area contributed by atoms with Crippen LogP contribution in [0.3, 0.4) is 0 Å². The van der Waals surface area contributed by atoms with Crippen LogP contribution in [0, 0.1) is 11.6 Å². The van der Waals surface area contributed by atoms with E-state index >= 15 is 0 Å². The number of benzene rings is 1. The number of alkyl carbamates (subject to hydrolysis) is 1. The predicted octanol–water partition coefficient (Wildman–Crippen LogP) is 4.71. The lowest BCUT2D eigenvalue weighted by Gasteiger charge is -2.32. The van der Waals surface area contributed by atoms with Gasteiger partial charge in [-0.3, -0.25) is 4.79 Å². The quantitative estimate of drug-likeness (QED) is 0.534. The molecule has 0 unspecified atom stereocenters. The number of carbonyl (C=O) groups excluding carboxylic acids is 2. The van der Waals surface area contributed by atoms with Gasteiger partial charge in [0.2, 0.25) is 0 Å². The van der Waals surface area contributed by atoms with E-state index in [1.165, 1.54) is 13.0 Å². The Morgan fingerprint density at radius 1 is 1.10 bits per heavy atom. The molecule has 1 amide bonds. The van der Waals surface area contributed by atoms with E-state index in [0.717, 1.165) is 6.07 Å². The Morgan fingerprint density at radius 2 is 1.65 bits per heavy atom. The Hall–Kier alpha value is -2.26. The van der Waals surface area contributed by atoms with E-state index in [1.807, 2.05) is 27.7 Å². The number of hydrogen-bond donors (Lipinski definition) is 1. The van der Waals surface area contributed by atoms with Gasteiger partial charge in [-0.25, -0.2) is 13.6 Å². The minimum atomic E-state index is -0.939. The van der Waals surface area contributed by atoms with Crippen molar-refractivity contribution in [1.29, 1.82) is 0 Å². The lowest BCUT2D eigenvalue weighted by atomic mass is 9.76. The van der Waals surface area contributed by atoms with E-state index in [9.17, 15) is 18.4 Å². The standard InChI is InChI=1S/C22H30BF2NO5/c1-13(27)16-10-14(17(24)11-18(16)25)9-15(12-26-19(28)29-20(2,3)4)23-30-21(5,6)22(7,8)31-23/h9-11H,12H2,1-8H3,(H,26,28). The third kappa shape index (κ3) is 6.14. The normalized spacial score (nSPS) is 18.1. The molecular formula is C22H30BF2NO5. The Bertz CT molecular complexity index is 890. The summed E-state index contributed by atoms with van der Waals surface area (Å²) in [6, 6.07) is 1.79. The highest BCUT2D eigenvalue weighted by atomic mass is 19.1. The monoisotopic (exact) mass is 437 g/mol. The molecule has 1 aromatic rings.